The summed E-state index contributed by atoms with van der Waals surface area (Å²) < 4.78 is 29.7. The number of carboxylic acid groups (broad SMARTS) is 1. The molecule has 4 rings (SSSR count). The molecule has 0 fully saturated rings. The molecule has 0 saturated carbocycles. The van der Waals surface area contributed by atoms with Crippen molar-refractivity contribution in [2.24, 2.45) is 0 Å². The Hall–Kier alpha value is -3.65. The van der Waals surface area contributed by atoms with E-state index in [0.717, 1.165) is 28.2 Å². The van der Waals surface area contributed by atoms with E-state index in [2.05, 4.69) is 21.2 Å². The summed E-state index contributed by atoms with van der Waals surface area (Å²) in [6.07, 6.45) is 0. The fraction of sp³-hybridized carbons (Fsp3) is 0.148. The number of hydrogen-bond donors (Lipinski definition) is 2. The van der Waals surface area contributed by atoms with E-state index >= 15 is 0 Å². The highest BCUT2D eigenvalue weighted by atomic mass is 79.9. The van der Waals surface area contributed by atoms with Gasteiger partial charge in [-0.15, -0.1) is 0 Å². The topological polar surface area (TPSA) is 79.3 Å². The van der Waals surface area contributed by atoms with Crippen molar-refractivity contribution < 1.29 is 23.5 Å². The molecule has 4 aromatic rings. The zero-order valence-electron chi connectivity index (χ0n) is 18.9. The van der Waals surface area contributed by atoms with Crippen molar-refractivity contribution in [3.05, 3.63) is 99.5 Å². The third-order valence-electron chi connectivity index (χ3n) is 6.05. The lowest BCUT2D eigenvalue weighted by molar-refractivity contribution is -0.143. The number of aliphatic carboxylic acids is 1. The molecule has 0 aliphatic rings. The van der Waals surface area contributed by atoms with Gasteiger partial charge in [0.2, 0.25) is 0 Å². The Morgan fingerprint density at radius 3 is 2.31 bits per heavy atom. The fourth-order valence-electron chi connectivity index (χ4n) is 4.14. The van der Waals surface area contributed by atoms with E-state index < -0.39 is 41.0 Å². The van der Waals surface area contributed by atoms with E-state index in [0.29, 0.717) is 27.7 Å². The molecular formula is C27H21BrF2N2O3. The zero-order chi connectivity index (χ0) is 25.3. The Morgan fingerprint density at radius 1 is 1.03 bits per heavy atom. The summed E-state index contributed by atoms with van der Waals surface area (Å²) in [5, 5.41) is 13.0. The van der Waals surface area contributed by atoms with E-state index in [1.807, 2.05) is 36.4 Å². The first kappa shape index (κ1) is 24.5. The molecule has 0 aliphatic carbocycles. The van der Waals surface area contributed by atoms with Crippen LogP contribution in [-0.2, 0) is 10.2 Å². The minimum Gasteiger partial charge on any atom is -0.481 e. The molecule has 1 heterocycles. The van der Waals surface area contributed by atoms with Crippen molar-refractivity contribution in [3.8, 4) is 11.3 Å². The van der Waals surface area contributed by atoms with E-state index in [1.165, 1.54) is 6.92 Å². The van der Waals surface area contributed by atoms with Crippen molar-refractivity contribution in [3.63, 3.8) is 0 Å². The number of nitrogens with one attached hydrogen (secondary N) is 1. The lowest BCUT2D eigenvalue weighted by Gasteiger charge is -2.27. The van der Waals surface area contributed by atoms with E-state index in [1.54, 1.807) is 19.1 Å². The molecule has 0 saturated heterocycles. The zero-order valence-corrected chi connectivity index (χ0v) is 20.5. The number of aromatic nitrogens is 1. The molecule has 0 radical (unpaired) electrons. The second-order valence-corrected chi connectivity index (χ2v) is 9.32. The number of halogens is 3. The van der Waals surface area contributed by atoms with Gasteiger partial charge in [-0.05, 0) is 49.7 Å². The number of nitrogens with zero attached hydrogens (tertiary/aromatic N) is 1. The van der Waals surface area contributed by atoms with Gasteiger partial charge in [0.05, 0.1) is 16.8 Å². The molecule has 0 aliphatic heterocycles. The highest BCUT2D eigenvalue weighted by Crippen LogP contribution is 2.32. The van der Waals surface area contributed by atoms with Crippen LogP contribution in [0.2, 0.25) is 0 Å². The van der Waals surface area contributed by atoms with Crippen molar-refractivity contribution in [1.29, 1.82) is 0 Å². The van der Waals surface area contributed by atoms with Gasteiger partial charge < -0.3 is 10.4 Å². The SMILES string of the molecule is Cc1c(-c2ccccc2)nc2ccc(Br)cc2c1C(=O)NCC(C)(C(=O)O)c1c(F)cccc1F. The Labute approximate surface area is 209 Å². The van der Waals surface area contributed by atoms with Crippen molar-refractivity contribution in [1.82, 2.24) is 10.3 Å². The van der Waals surface area contributed by atoms with E-state index in [4.69, 9.17) is 4.98 Å². The minimum absolute atomic E-state index is 0.303. The van der Waals surface area contributed by atoms with Gasteiger partial charge in [-0.1, -0.05) is 52.3 Å². The smallest absolute Gasteiger partial charge is 0.315 e. The first-order chi connectivity index (χ1) is 16.6. The number of benzene rings is 3. The molecule has 1 amide bonds. The quantitative estimate of drug-likeness (QED) is 0.314. The van der Waals surface area contributed by atoms with Gasteiger partial charge in [0, 0.05) is 27.5 Å². The number of amides is 1. The molecule has 0 bridgehead atoms. The third-order valence-corrected chi connectivity index (χ3v) is 6.55. The third kappa shape index (κ3) is 4.53. The molecule has 0 spiro atoms. The maximum absolute atomic E-state index is 14.5. The van der Waals surface area contributed by atoms with E-state index in [9.17, 15) is 23.5 Å². The second kappa shape index (κ2) is 9.54. The molecule has 1 aromatic heterocycles. The molecular weight excluding hydrogens is 518 g/mol. The monoisotopic (exact) mass is 538 g/mol. The fourth-order valence-corrected chi connectivity index (χ4v) is 4.50. The Kier molecular flexibility index (Phi) is 6.67. The molecule has 8 heteroatoms. The summed E-state index contributed by atoms with van der Waals surface area (Å²) in [5.74, 6) is -4.03. The van der Waals surface area contributed by atoms with Crippen LogP contribution in [0.15, 0.2) is 71.2 Å². The summed E-state index contributed by atoms with van der Waals surface area (Å²) in [6.45, 7) is 2.41. The predicted octanol–water partition coefficient (Wildman–Crippen LogP) is 6.02. The number of carboxylic acids is 1. The van der Waals surface area contributed by atoms with Crippen molar-refractivity contribution >= 4 is 38.7 Å². The lowest BCUT2D eigenvalue weighted by Crippen LogP contribution is -2.45. The number of hydrogen-bond acceptors (Lipinski definition) is 3. The highest BCUT2D eigenvalue weighted by Gasteiger charge is 2.40. The summed E-state index contributed by atoms with van der Waals surface area (Å²) in [6, 6.07) is 17.8. The standard InChI is InChI=1S/C27H21BrF2N2O3/c1-15-22(18-13-17(28)11-12-21(18)32-24(15)16-7-4-3-5-8-16)25(33)31-14-27(2,26(34)35)23-19(29)9-6-10-20(23)30/h3-13H,14H2,1-2H3,(H,31,33)(H,34,35). The molecule has 5 nitrogen and oxygen atoms in total. The Balaban J connectivity index is 1.80. The minimum atomic E-state index is -2.04. The normalized spacial score (nSPS) is 12.8. The molecule has 178 valence electrons. The number of carbonyl (C=O) groups excluding carboxylic acids is 1. The Bertz CT molecular complexity index is 1440. The number of rotatable bonds is 6. The average Bonchev–Trinajstić information content (AvgIpc) is 2.82. The molecule has 3 aromatic carbocycles. The summed E-state index contributed by atoms with van der Waals surface area (Å²) in [4.78, 5) is 30.4. The van der Waals surface area contributed by atoms with Gasteiger partial charge in [-0.3, -0.25) is 9.59 Å². The van der Waals surface area contributed by atoms with Gasteiger partial charge in [0.25, 0.3) is 5.91 Å². The summed E-state index contributed by atoms with van der Waals surface area (Å²) in [7, 11) is 0. The van der Waals surface area contributed by atoms with Gasteiger partial charge in [0.1, 0.15) is 17.0 Å². The van der Waals surface area contributed by atoms with Crippen LogP contribution in [0.5, 0.6) is 0 Å². The highest BCUT2D eigenvalue weighted by molar-refractivity contribution is 9.10. The average molecular weight is 539 g/mol. The Morgan fingerprint density at radius 2 is 1.69 bits per heavy atom. The van der Waals surface area contributed by atoms with Crippen molar-refractivity contribution in [2.45, 2.75) is 19.3 Å². The first-order valence-electron chi connectivity index (χ1n) is 10.7. The van der Waals surface area contributed by atoms with Crippen LogP contribution in [0.25, 0.3) is 22.2 Å². The van der Waals surface area contributed by atoms with Gasteiger partial charge in [0.15, 0.2) is 0 Å². The maximum atomic E-state index is 14.5. The van der Waals surface area contributed by atoms with Crippen LogP contribution < -0.4 is 5.32 Å². The number of carbonyl (C=O) groups is 2. The van der Waals surface area contributed by atoms with Crippen LogP contribution in [-0.4, -0.2) is 28.5 Å². The molecule has 35 heavy (non-hydrogen) atoms. The molecule has 1 unspecified atom stereocenters. The number of fused-ring (bicyclic) bond motifs is 1. The van der Waals surface area contributed by atoms with E-state index in [-0.39, 0.29) is 0 Å². The van der Waals surface area contributed by atoms with Gasteiger partial charge in [-0.2, -0.15) is 0 Å². The van der Waals surface area contributed by atoms with Gasteiger partial charge in [-0.25, -0.2) is 13.8 Å². The summed E-state index contributed by atoms with van der Waals surface area (Å²) in [5.41, 5.74) is 0.232. The first-order valence-corrected chi connectivity index (χ1v) is 11.5. The second-order valence-electron chi connectivity index (χ2n) is 8.40. The molecule has 2 N–H and O–H groups in total. The van der Waals surface area contributed by atoms with Crippen molar-refractivity contribution in [2.75, 3.05) is 6.54 Å². The predicted molar refractivity (Wildman–Crippen MR) is 133 cm³/mol. The van der Waals surface area contributed by atoms with Crippen LogP contribution in [0.3, 0.4) is 0 Å². The van der Waals surface area contributed by atoms with Crippen LogP contribution in [0.1, 0.15) is 28.4 Å². The lowest BCUT2D eigenvalue weighted by atomic mass is 9.81. The maximum Gasteiger partial charge on any atom is 0.315 e. The summed E-state index contributed by atoms with van der Waals surface area (Å²) >= 11 is 3.42. The van der Waals surface area contributed by atoms with Crippen LogP contribution in [0.4, 0.5) is 8.78 Å². The largest absolute Gasteiger partial charge is 0.481 e. The molecule has 1 atom stereocenters. The van der Waals surface area contributed by atoms with Gasteiger partial charge >= 0.3 is 5.97 Å². The van der Waals surface area contributed by atoms with Crippen LogP contribution >= 0.6 is 15.9 Å². The number of pyridine rings is 1. The van der Waals surface area contributed by atoms with Crippen LogP contribution in [0, 0.1) is 18.6 Å².